The van der Waals surface area contributed by atoms with Gasteiger partial charge in [-0.1, -0.05) is 37.3 Å². The fourth-order valence-electron chi connectivity index (χ4n) is 1.46. The molecule has 0 amide bonds. The van der Waals surface area contributed by atoms with E-state index < -0.39 is 0 Å². The fraction of sp³-hybridized carbons (Fsp3) is 0.462. The molecule has 0 radical (unpaired) electrons. The van der Waals surface area contributed by atoms with Crippen LogP contribution in [0.15, 0.2) is 30.3 Å². The molecule has 0 heterocycles. The molecule has 2 unspecified atom stereocenters. The number of nitriles is 1. The van der Waals surface area contributed by atoms with E-state index in [4.69, 9.17) is 5.26 Å². The molecule has 0 aliphatic carbocycles. The molecule has 0 fully saturated rings. The normalized spacial score (nSPS) is 14.1. The zero-order valence-corrected chi connectivity index (χ0v) is 9.56. The summed E-state index contributed by atoms with van der Waals surface area (Å²) in [7, 11) is 0. The summed E-state index contributed by atoms with van der Waals surface area (Å²) in [5.41, 5.74) is 1.02. The van der Waals surface area contributed by atoms with E-state index >= 15 is 0 Å². The summed E-state index contributed by atoms with van der Waals surface area (Å²) in [6.45, 7) is 3.06. The first-order valence-electron chi connectivity index (χ1n) is 5.61. The van der Waals surface area contributed by atoms with Crippen LogP contribution in [0.2, 0.25) is 0 Å². The third kappa shape index (κ3) is 4.01. The van der Waals surface area contributed by atoms with Crippen molar-refractivity contribution in [2.24, 2.45) is 0 Å². The predicted molar refractivity (Wildman–Crippen MR) is 64.0 cm³/mol. The van der Waals surface area contributed by atoms with Gasteiger partial charge in [0.05, 0.1) is 18.1 Å². The molecule has 0 spiro atoms. The van der Waals surface area contributed by atoms with Gasteiger partial charge in [0, 0.05) is 13.1 Å². The minimum Gasteiger partial charge on any atom is -0.392 e. The van der Waals surface area contributed by atoms with Gasteiger partial charge < -0.3 is 10.4 Å². The van der Waals surface area contributed by atoms with Gasteiger partial charge in [0.15, 0.2) is 0 Å². The Hall–Kier alpha value is -1.37. The summed E-state index contributed by atoms with van der Waals surface area (Å²) in [5.74, 6) is -0.148. The van der Waals surface area contributed by atoms with E-state index in [2.05, 4.69) is 11.4 Å². The van der Waals surface area contributed by atoms with E-state index in [1.54, 1.807) is 0 Å². The number of hydrogen-bond donors (Lipinski definition) is 2. The third-order valence-corrected chi connectivity index (χ3v) is 2.56. The van der Waals surface area contributed by atoms with Crippen molar-refractivity contribution in [2.45, 2.75) is 25.4 Å². The molecule has 1 rings (SSSR count). The summed E-state index contributed by atoms with van der Waals surface area (Å²) in [6, 6.07) is 12.0. The molecular weight excluding hydrogens is 200 g/mol. The molecule has 1 aromatic carbocycles. The van der Waals surface area contributed by atoms with Crippen LogP contribution in [0.4, 0.5) is 0 Å². The SMILES string of the molecule is CCC(O)CNCC(C#N)c1ccccc1. The van der Waals surface area contributed by atoms with E-state index in [1.807, 2.05) is 37.3 Å². The van der Waals surface area contributed by atoms with Gasteiger partial charge >= 0.3 is 0 Å². The maximum absolute atomic E-state index is 9.37. The molecule has 0 saturated carbocycles. The number of rotatable bonds is 6. The number of nitrogens with zero attached hydrogens (tertiary/aromatic N) is 1. The largest absolute Gasteiger partial charge is 0.392 e. The molecule has 0 aromatic heterocycles. The van der Waals surface area contributed by atoms with Gasteiger partial charge in [0.2, 0.25) is 0 Å². The van der Waals surface area contributed by atoms with Gasteiger partial charge in [-0.3, -0.25) is 0 Å². The molecular formula is C13H18N2O. The average molecular weight is 218 g/mol. The van der Waals surface area contributed by atoms with E-state index in [0.717, 1.165) is 12.0 Å². The lowest BCUT2D eigenvalue weighted by molar-refractivity contribution is 0.167. The van der Waals surface area contributed by atoms with Crippen molar-refractivity contribution in [2.75, 3.05) is 13.1 Å². The number of aliphatic hydroxyl groups is 1. The predicted octanol–water partition coefficient (Wildman–Crippen LogP) is 1.65. The molecule has 3 nitrogen and oxygen atoms in total. The molecule has 2 atom stereocenters. The number of nitrogens with one attached hydrogen (secondary N) is 1. The minimum absolute atomic E-state index is 0.148. The molecule has 16 heavy (non-hydrogen) atoms. The van der Waals surface area contributed by atoms with Crippen LogP contribution >= 0.6 is 0 Å². The van der Waals surface area contributed by atoms with Crippen molar-refractivity contribution in [1.29, 1.82) is 5.26 Å². The standard InChI is InChI=1S/C13H18N2O/c1-2-13(16)10-15-9-12(8-14)11-6-4-3-5-7-11/h3-7,12-13,15-16H,2,9-10H2,1H3. The van der Waals surface area contributed by atoms with Crippen molar-refractivity contribution in [3.63, 3.8) is 0 Å². The van der Waals surface area contributed by atoms with E-state index in [0.29, 0.717) is 13.1 Å². The zero-order chi connectivity index (χ0) is 11.8. The summed E-state index contributed by atoms with van der Waals surface area (Å²) in [6.07, 6.45) is 0.408. The Morgan fingerprint density at radius 2 is 2.00 bits per heavy atom. The van der Waals surface area contributed by atoms with Crippen molar-refractivity contribution in [3.05, 3.63) is 35.9 Å². The van der Waals surface area contributed by atoms with Crippen LogP contribution in [0.25, 0.3) is 0 Å². The topological polar surface area (TPSA) is 56.0 Å². The second kappa shape index (κ2) is 7.00. The average Bonchev–Trinajstić information content (AvgIpc) is 2.35. The van der Waals surface area contributed by atoms with Crippen LogP contribution < -0.4 is 5.32 Å². The lowest BCUT2D eigenvalue weighted by Crippen LogP contribution is -2.29. The van der Waals surface area contributed by atoms with Crippen molar-refractivity contribution >= 4 is 0 Å². The lowest BCUT2D eigenvalue weighted by atomic mass is 10.0. The van der Waals surface area contributed by atoms with Crippen LogP contribution in [0.1, 0.15) is 24.8 Å². The summed E-state index contributed by atoms with van der Waals surface area (Å²) >= 11 is 0. The van der Waals surface area contributed by atoms with Crippen LogP contribution in [0.5, 0.6) is 0 Å². The van der Waals surface area contributed by atoms with Crippen LogP contribution in [-0.2, 0) is 0 Å². The number of benzene rings is 1. The Labute approximate surface area is 96.7 Å². The Morgan fingerprint density at radius 1 is 1.31 bits per heavy atom. The molecule has 0 aliphatic heterocycles. The van der Waals surface area contributed by atoms with Gasteiger partial charge in [0.25, 0.3) is 0 Å². The highest BCUT2D eigenvalue weighted by Crippen LogP contribution is 2.12. The second-order valence-electron chi connectivity index (χ2n) is 3.81. The van der Waals surface area contributed by atoms with Crippen molar-refractivity contribution < 1.29 is 5.11 Å². The Morgan fingerprint density at radius 3 is 2.56 bits per heavy atom. The Kier molecular flexibility index (Phi) is 5.55. The lowest BCUT2D eigenvalue weighted by Gasteiger charge is -2.13. The summed E-state index contributed by atoms with van der Waals surface area (Å²) in [5, 5.41) is 21.5. The van der Waals surface area contributed by atoms with E-state index in [-0.39, 0.29) is 12.0 Å². The molecule has 3 heteroatoms. The Balaban J connectivity index is 2.42. The molecule has 0 saturated heterocycles. The zero-order valence-electron chi connectivity index (χ0n) is 9.56. The smallest absolute Gasteiger partial charge is 0.0837 e. The van der Waals surface area contributed by atoms with E-state index in [1.165, 1.54) is 0 Å². The first-order chi connectivity index (χ1) is 7.77. The highest BCUT2D eigenvalue weighted by molar-refractivity contribution is 5.24. The van der Waals surface area contributed by atoms with E-state index in [9.17, 15) is 5.11 Å². The van der Waals surface area contributed by atoms with Crippen LogP contribution in [-0.4, -0.2) is 24.3 Å². The van der Waals surface area contributed by atoms with Crippen molar-refractivity contribution in [3.8, 4) is 6.07 Å². The molecule has 1 aromatic rings. The monoisotopic (exact) mass is 218 g/mol. The van der Waals surface area contributed by atoms with Crippen molar-refractivity contribution in [1.82, 2.24) is 5.32 Å². The van der Waals surface area contributed by atoms with Gasteiger partial charge in [-0.05, 0) is 12.0 Å². The third-order valence-electron chi connectivity index (χ3n) is 2.56. The van der Waals surface area contributed by atoms with Crippen LogP contribution in [0, 0.1) is 11.3 Å². The van der Waals surface area contributed by atoms with Gasteiger partial charge in [-0.2, -0.15) is 5.26 Å². The quantitative estimate of drug-likeness (QED) is 0.763. The van der Waals surface area contributed by atoms with Gasteiger partial charge in [-0.25, -0.2) is 0 Å². The highest BCUT2D eigenvalue weighted by Gasteiger charge is 2.09. The fourth-order valence-corrected chi connectivity index (χ4v) is 1.46. The molecule has 0 aliphatic rings. The maximum Gasteiger partial charge on any atom is 0.0837 e. The molecule has 2 N–H and O–H groups in total. The number of aliphatic hydroxyl groups excluding tert-OH is 1. The van der Waals surface area contributed by atoms with Crippen LogP contribution in [0.3, 0.4) is 0 Å². The van der Waals surface area contributed by atoms with Gasteiger partial charge in [0.1, 0.15) is 0 Å². The Bertz CT molecular complexity index is 332. The summed E-state index contributed by atoms with van der Waals surface area (Å²) < 4.78 is 0. The molecule has 0 bridgehead atoms. The first-order valence-corrected chi connectivity index (χ1v) is 5.61. The molecule has 86 valence electrons. The maximum atomic E-state index is 9.37. The summed E-state index contributed by atoms with van der Waals surface area (Å²) in [4.78, 5) is 0. The second-order valence-corrected chi connectivity index (χ2v) is 3.81. The minimum atomic E-state index is -0.324. The first kappa shape index (κ1) is 12.7. The van der Waals surface area contributed by atoms with Gasteiger partial charge in [-0.15, -0.1) is 0 Å². The highest BCUT2D eigenvalue weighted by atomic mass is 16.3. The number of hydrogen-bond acceptors (Lipinski definition) is 3.